The molecule has 19 heavy (non-hydrogen) atoms. The van der Waals surface area contributed by atoms with Crippen LogP contribution in [0.15, 0.2) is 42.5 Å². The Morgan fingerprint density at radius 2 is 1.89 bits per heavy atom. The summed E-state index contributed by atoms with van der Waals surface area (Å²) in [6.07, 6.45) is -0.639. The topological polar surface area (TPSA) is 29.5 Å². The minimum Gasteiger partial charge on any atom is -0.488 e. The lowest BCUT2D eigenvalue weighted by Crippen LogP contribution is -2.01. The van der Waals surface area contributed by atoms with Gasteiger partial charge in [-0.3, -0.25) is 0 Å². The number of halogens is 2. The first kappa shape index (κ1) is 14.2. The molecular formula is C15H14Cl2O2. The molecule has 0 aromatic heterocycles. The van der Waals surface area contributed by atoms with E-state index in [2.05, 4.69) is 0 Å². The maximum Gasteiger partial charge on any atom is 0.125 e. The van der Waals surface area contributed by atoms with E-state index < -0.39 is 6.10 Å². The number of benzene rings is 2. The van der Waals surface area contributed by atoms with Crippen LogP contribution in [-0.4, -0.2) is 5.11 Å². The largest absolute Gasteiger partial charge is 0.488 e. The van der Waals surface area contributed by atoms with Crippen LogP contribution in [0.25, 0.3) is 0 Å². The zero-order chi connectivity index (χ0) is 13.8. The van der Waals surface area contributed by atoms with Crippen LogP contribution in [0.2, 0.25) is 10.0 Å². The molecule has 2 rings (SSSR count). The van der Waals surface area contributed by atoms with Gasteiger partial charge in [-0.1, -0.05) is 41.4 Å². The van der Waals surface area contributed by atoms with E-state index in [4.69, 9.17) is 27.9 Å². The molecular weight excluding hydrogens is 283 g/mol. The van der Waals surface area contributed by atoms with E-state index in [1.807, 2.05) is 24.3 Å². The summed E-state index contributed by atoms with van der Waals surface area (Å²) in [5.41, 5.74) is 1.57. The average Bonchev–Trinajstić information content (AvgIpc) is 2.38. The molecule has 0 saturated carbocycles. The molecule has 0 bridgehead atoms. The van der Waals surface area contributed by atoms with Crippen LogP contribution in [0.5, 0.6) is 5.75 Å². The zero-order valence-corrected chi connectivity index (χ0v) is 11.9. The highest BCUT2D eigenvalue weighted by atomic mass is 35.5. The van der Waals surface area contributed by atoms with E-state index in [1.54, 1.807) is 25.1 Å². The summed E-state index contributed by atoms with van der Waals surface area (Å²) >= 11 is 12.0. The highest BCUT2D eigenvalue weighted by Crippen LogP contribution is 2.29. The van der Waals surface area contributed by atoms with Crippen LogP contribution < -0.4 is 4.74 Å². The van der Waals surface area contributed by atoms with Crippen molar-refractivity contribution >= 4 is 23.2 Å². The molecule has 100 valence electrons. The van der Waals surface area contributed by atoms with Gasteiger partial charge in [0.05, 0.1) is 6.10 Å². The van der Waals surface area contributed by atoms with Crippen LogP contribution in [0, 0.1) is 0 Å². The van der Waals surface area contributed by atoms with E-state index in [0.717, 1.165) is 5.56 Å². The molecule has 4 heteroatoms. The van der Waals surface area contributed by atoms with Crippen molar-refractivity contribution < 1.29 is 9.84 Å². The molecule has 0 saturated heterocycles. The van der Waals surface area contributed by atoms with Gasteiger partial charge in [0.15, 0.2) is 0 Å². The Balaban J connectivity index is 2.18. The van der Waals surface area contributed by atoms with Crippen LogP contribution >= 0.6 is 23.2 Å². The van der Waals surface area contributed by atoms with Crippen LogP contribution in [0.1, 0.15) is 24.2 Å². The fourth-order valence-electron chi connectivity index (χ4n) is 1.75. The van der Waals surface area contributed by atoms with E-state index in [-0.39, 0.29) is 0 Å². The fourth-order valence-corrected chi connectivity index (χ4v) is 2.12. The van der Waals surface area contributed by atoms with Gasteiger partial charge >= 0.3 is 0 Å². The minimum absolute atomic E-state index is 0.348. The summed E-state index contributed by atoms with van der Waals surface area (Å²) in [5, 5.41) is 10.9. The third-order valence-corrected chi connectivity index (χ3v) is 3.37. The Morgan fingerprint density at radius 1 is 1.16 bits per heavy atom. The van der Waals surface area contributed by atoms with Crippen molar-refractivity contribution in [3.8, 4) is 5.75 Å². The Morgan fingerprint density at radius 3 is 2.58 bits per heavy atom. The minimum atomic E-state index is -0.639. The molecule has 0 aliphatic rings. The Bertz CT molecular complexity index is 568. The van der Waals surface area contributed by atoms with Gasteiger partial charge in [-0.15, -0.1) is 0 Å². The normalized spacial score (nSPS) is 12.2. The quantitative estimate of drug-likeness (QED) is 0.891. The maximum absolute atomic E-state index is 9.72. The molecule has 0 fully saturated rings. The fraction of sp³-hybridized carbons (Fsp3) is 0.200. The zero-order valence-electron chi connectivity index (χ0n) is 10.4. The van der Waals surface area contributed by atoms with Gasteiger partial charge in [-0.2, -0.15) is 0 Å². The lowest BCUT2D eigenvalue weighted by atomic mass is 10.1. The highest BCUT2D eigenvalue weighted by Gasteiger charge is 2.10. The first-order chi connectivity index (χ1) is 9.08. The molecule has 0 amide bonds. The van der Waals surface area contributed by atoms with Gasteiger partial charge < -0.3 is 9.84 Å². The molecule has 1 atom stereocenters. The molecule has 2 aromatic rings. The Labute approximate surface area is 122 Å². The van der Waals surface area contributed by atoms with E-state index in [0.29, 0.717) is 28.0 Å². The van der Waals surface area contributed by atoms with Crippen LogP contribution in [0.3, 0.4) is 0 Å². The van der Waals surface area contributed by atoms with Crippen molar-refractivity contribution in [1.82, 2.24) is 0 Å². The van der Waals surface area contributed by atoms with E-state index >= 15 is 0 Å². The SMILES string of the molecule is C[C@H](O)c1cc(Cl)ccc1OCc1ccccc1Cl. The number of aliphatic hydroxyl groups excluding tert-OH is 1. The summed E-state index contributed by atoms with van der Waals surface area (Å²) in [6.45, 7) is 2.02. The molecule has 0 radical (unpaired) electrons. The summed E-state index contributed by atoms with van der Waals surface area (Å²) in [6, 6.07) is 12.7. The average molecular weight is 297 g/mol. The van der Waals surface area contributed by atoms with Gasteiger partial charge in [0.2, 0.25) is 0 Å². The molecule has 0 unspecified atom stereocenters. The van der Waals surface area contributed by atoms with Gasteiger partial charge in [0.25, 0.3) is 0 Å². The molecule has 0 spiro atoms. The molecule has 0 aliphatic carbocycles. The van der Waals surface area contributed by atoms with Crippen molar-refractivity contribution in [3.63, 3.8) is 0 Å². The van der Waals surface area contributed by atoms with Crippen molar-refractivity contribution in [3.05, 3.63) is 63.6 Å². The summed E-state index contributed by atoms with van der Waals surface area (Å²) < 4.78 is 5.72. The van der Waals surface area contributed by atoms with Gasteiger partial charge in [0.1, 0.15) is 12.4 Å². The Kier molecular flexibility index (Phi) is 4.70. The van der Waals surface area contributed by atoms with E-state index in [9.17, 15) is 5.11 Å². The number of rotatable bonds is 4. The summed E-state index contributed by atoms with van der Waals surface area (Å²) in [7, 11) is 0. The summed E-state index contributed by atoms with van der Waals surface area (Å²) in [4.78, 5) is 0. The number of hydrogen-bond acceptors (Lipinski definition) is 2. The highest BCUT2D eigenvalue weighted by molar-refractivity contribution is 6.31. The van der Waals surface area contributed by atoms with Crippen LogP contribution in [-0.2, 0) is 6.61 Å². The van der Waals surface area contributed by atoms with Gasteiger partial charge in [0, 0.05) is 21.2 Å². The number of hydrogen-bond donors (Lipinski definition) is 1. The van der Waals surface area contributed by atoms with Crippen LogP contribution in [0.4, 0.5) is 0 Å². The molecule has 0 heterocycles. The first-order valence-electron chi connectivity index (χ1n) is 5.91. The van der Waals surface area contributed by atoms with Crippen molar-refractivity contribution in [2.45, 2.75) is 19.6 Å². The molecule has 2 aromatic carbocycles. The predicted octanol–water partition coefficient (Wildman–Crippen LogP) is 4.63. The smallest absolute Gasteiger partial charge is 0.125 e. The summed E-state index contributed by atoms with van der Waals surface area (Å²) in [5.74, 6) is 0.610. The second-order valence-electron chi connectivity index (χ2n) is 4.24. The van der Waals surface area contributed by atoms with Gasteiger partial charge in [-0.25, -0.2) is 0 Å². The predicted molar refractivity (Wildman–Crippen MR) is 77.9 cm³/mol. The third-order valence-electron chi connectivity index (χ3n) is 2.76. The van der Waals surface area contributed by atoms with Crippen molar-refractivity contribution in [2.75, 3.05) is 0 Å². The van der Waals surface area contributed by atoms with E-state index in [1.165, 1.54) is 0 Å². The molecule has 1 N–H and O–H groups in total. The lowest BCUT2D eigenvalue weighted by molar-refractivity contribution is 0.190. The third kappa shape index (κ3) is 3.63. The van der Waals surface area contributed by atoms with Gasteiger partial charge in [-0.05, 0) is 31.2 Å². The second kappa shape index (κ2) is 6.29. The number of ether oxygens (including phenoxy) is 1. The maximum atomic E-state index is 9.72. The van der Waals surface area contributed by atoms with Crippen molar-refractivity contribution in [1.29, 1.82) is 0 Å². The monoisotopic (exact) mass is 296 g/mol. The first-order valence-corrected chi connectivity index (χ1v) is 6.67. The number of aliphatic hydroxyl groups is 1. The van der Waals surface area contributed by atoms with Crippen molar-refractivity contribution in [2.24, 2.45) is 0 Å². The molecule has 2 nitrogen and oxygen atoms in total. The Hall–Kier alpha value is -1.22. The standard InChI is InChI=1S/C15H14Cl2O2/c1-10(18)13-8-12(16)6-7-15(13)19-9-11-4-2-3-5-14(11)17/h2-8,10,18H,9H2,1H3/t10-/m0/s1. The molecule has 0 aliphatic heterocycles. The second-order valence-corrected chi connectivity index (χ2v) is 5.08. The lowest BCUT2D eigenvalue weighted by Gasteiger charge is -2.14.